The van der Waals surface area contributed by atoms with Gasteiger partial charge in [0.05, 0.1) is 0 Å². The summed E-state index contributed by atoms with van der Waals surface area (Å²) in [4.78, 5) is 7.86. The van der Waals surface area contributed by atoms with Crippen LogP contribution in [0.2, 0.25) is 0 Å². The molecule has 0 aliphatic carbocycles. The Morgan fingerprint density at radius 3 is 2.25 bits per heavy atom. The van der Waals surface area contributed by atoms with Gasteiger partial charge in [0.2, 0.25) is 5.95 Å². The van der Waals surface area contributed by atoms with E-state index in [2.05, 4.69) is 15.3 Å². The molecule has 0 radical (unpaired) electrons. The molecule has 1 aromatic heterocycles. The molecule has 0 saturated heterocycles. The van der Waals surface area contributed by atoms with Gasteiger partial charge in [0.15, 0.2) is 0 Å². The second kappa shape index (κ2) is 4.65. The number of nitrogens with zero attached hydrogens (tertiary/aromatic N) is 2. The number of benzene rings is 1. The second-order valence-corrected chi connectivity index (χ2v) is 3.20. The highest BCUT2D eigenvalue weighted by molar-refractivity contribution is 5.27. The molecule has 0 aliphatic rings. The summed E-state index contributed by atoms with van der Waals surface area (Å²) in [6.45, 7) is 0.276. The molecule has 0 fully saturated rings. The number of nitrogens with one attached hydrogen (secondary N) is 1. The normalized spacial score (nSPS) is 10.1. The molecule has 0 bridgehead atoms. The third kappa shape index (κ3) is 2.73. The van der Waals surface area contributed by atoms with E-state index in [0.29, 0.717) is 11.5 Å². The van der Waals surface area contributed by atoms with E-state index in [1.165, 1.54) is 12.1 Å². The summed E-state index contributed by atoms with van der Waals surface area (Å²) in [5, 5.41) is 2.86. The molecule has 16 heavy (non-hydrogen) atoms. The summed E-state index contributed by atoms with van der Waals surface area (Å²) < 4.78 is 25.7. The van der Waals surface area contributed by atoms with Crippen LogP contribution in [-0.4, -0.2) is 9.97 Å². The number of anilines is 1. The minimum absolute atomic E-state index is 0.276. The predicted octanol–water partition coefficient (Wildman–Crippen LogP) is 2.37. The van der Waals surface area contributed by atoms with E-state index < -0.39 is 11.6 Å². The van der Waals surface area contributed by atoms with E-state index in [9.17, 15) is 8.78 Å². The third-order valence-corrected chi connectivity index (χ3v) is 1.94. The molecule has 0 spiro atoms. The average molecular weight is 221 g/mol. The van der Waals surface area contributed by atoms with Gasteiger partial charge < -0.3 is 5.32 Å². The standard InChI is InChI=1S/C11H9F2N3/c12-9-4-8(5-10(13)6-9)7-16-11-14-2-1-3-15-11/h1-6H,7H2,(H,14,15,16). The Morgan fingerprint density at radius 2 is 1.62 bits per heavy atom. The van der Waals surface area contributed by atoms with Crippen LogP contribution in [0.15, 0.2) is 36.7 Å². The Balaban J connectivity index is 2.05. The largest absolute Gasteiger partial charge is 0.350 e. The molecule has 2 rings (SSSR count). The molecule has 1 heterocycles. The maximum Gasteiger partial charge on any atom is 0.222 e. The first kappa shape index (κ1) is 10.5. The van der Waals surface area contributed by atoms with E-state index in [1.54, 1.807) is 18.5 Å². The summed E-state index contributed by atoms with van der Waals surface area (Å²) in [5.41, 5.74) is 0.505. The lowest BCUT2D eigenvalue weighted by Gasteiger charge is -2.04. The Labute approximate surface area is 91.2 Å². The topological polar surface area (TPSA) is 37.8 Å². The van der Waals surface area contributed by atoms with Crippen LogP contribution in [-0.2, 0) is 6.54 Å². The zero-order chi connectivity index (χ0) is 11.4. The van der Waals surface area contributed by atoms with E-state index in [4.69, 9.17) is 0 Å². The fourth-order valence-corrected chi connectivity index (χ4v) is 1.28. The number of rotatable bonds is 3. The molecule has 2 aromatic rings. The van der Waals surface area contributed by atoms with Gasteiger partial charge in [-0.25, -0.2) is 18.7 Å². The fraction of sp³-hybridized carbons (Fsp3) is 0.0909. The van der Waals surface area contributed by atoms with Crippen LogP contribution in [0.3, 0.4) is 0 Å². The first-order chi connectivity index (χ1) is 7.74. The van der Waals surface area contributed by atoms with E-state index >= 15 is 0 Å². The molecule has 1 N–H and O–H groups in total. The van der Waals surface area contributed by atoms with Crippen molar-refractivity contribution in [2.24, 2.45) is 0 Å². The van der Waals surface area contributed by atoms with Crippen LogP contribution in [0.25, 0.3) is 0 Å². The minimum atomic E-state index is -0.592. The minimum Gasteiger partial charge on any atom is -0.350 e. The molecule has 3 nitrogen and oxygen atoms in total. The predicted molar refractivity (Wildman–Crippen MR) is 55.7 cm³/mol. The quantitative estimate of drug-likeness (QED) is 0.864. The smallest absolute Gasteiger partial charge is 0.222 e. The van der Waals surface area contributed by atoms with Crippen LogP contribution in [0.5, 0.6) is 0 Å². The maximum atomic E-state index is 12.9. The van der Waals surface area contributed by atoms with Crippen molar-refractivity contribution < 1.29 is 8.78 Å². The summed E-state index contributed by atoms with van der Waals surface area (Å²) >= 11 is 0. The zero-order valence-corrected chi connectivity index (χ0v) is 8.32. The van der Waals surface area contributed by atoms with Gasteiger partial charge >= 0.3 is 0 Å². The van der Waals surface area contributed by atoms with Crippen molar-refractivity contribution in [3.8, 4) is 0 Å². The molecule has 1 aromatic carbocycles. The third-order valence-electron chi connectivity index (χ3n) is 1.94. The van der Waals surface area contributed by atoms with Crippen molar-refractivity contribution in [2.45, 2.75) is 6.54 Å². The highest BCUT2D eigenvalue weighted by Crippen LogP contribution is 2.09. The van der Waals surface area contributed by atoms with Crippen molar-refractivity contribution in [3.05, 3.63) is 53.9 Å². The van der Waals surface area contributed by atoms with Crippen LogP contribution in [0.4, 0.5) is 14.7 Å². The van der Waals surface area contributed by atoms with Crippen molar-refractivity contribution >= 4 is 5.95 Å². The monoisotopic (exact) mass is 221 g/mol. The van der Waals surface area contributed by atoms with Gasteiger partial charge in [-0.05, 0) is 23.8 Å². The van der Waals surface area contributed by atoms with Crippen LogP contribution >= 0.6 is 0 Å². The number of halogens is 2. The maximum absolute atomic E-state index is 12.9. The van der Waals surface area contributed by atoms with Gasteiger partial charge in [-0.2, -0.15) is 0 Å². The van der Waals surface area contributed by atoms with Crippen molar-refractivity contribution in [3.63, 3.8) is 0 Å². The lowest BCUT2D eigenvalue weighted by molar-refractivity contribution is 0.580. The van der Waals surface area contributed by atoms with E-state index in [1.807, 2.05) is 0 Å². The van der Waals surface area contributed by atoms with Crippen LogP contribution in [0, 0.1) is 11.6 Å². The van der Waals surface area contributed by atoms with Crippen molar-refractivity contribution in [1.29, 1.82) is 0 Å². The number of hydrogen-bond acceptors (Lipinski definition) is 3. The lowest BCUT2D eigenvalue weighted by atomic mass is 10.2. The average Bonchev–Trinajstić information content (AvgIpc) is 2.27. The first-order valence-corrected chi connectivity index (χ1v) is 4.70. The van der Waals surface area contributed by atoms with Gasteiger partial charge in [0.1, 0.15) is 11.6 Å². The van der Waals surface area contributed by atoms with Gasteiger partial charge in [0.25, 0.3) is 0 Å². The Kier molecular flexibility index (Phi) is 3.05. The SMILES string of the molecule is Fc1cc(F)cc(CNc2ncccn2)c1. The molecule has 5 heteroatoms. The molecular formula is C11H9F2N3. The van der Waals surface area contributed by atoms with Gasteiger partial charge in [-0.3, -0.25) is 0 Å². The Bertz CT molecular complexity index is 454. The van der Waals surface area contributed by atoms with Crippen LogP contribution in [0.1, 0.15) is 5.56 Å². The first-order valence-electron chi connectivity index (χ1n) is 4.70. The number of hydrogen-bond donors (Lipinski definition) is 1. The highest BCUT2D eigenvalue weighted by atomic mass is 19.1. The van der Waals surface area contributed by atoms with Crippen molar-refractivity contribution in [1.82, 2.24) is 9.97 Å². The molecule has 0 aliphatic heterocycles. The summed E-state index contributed by atoms with van der Waals surface area (Å²) in [6, 6.07) is 5.05. The van der Waals surface area contributed by atoms with Gasteiger partial charge in [0, 0.05) is 25.0 Å². The molecule has 0 atom stereocenters. The molecule has 0 unspecified atom stereocenters. The van der Waals surface area contributed by atoms with E-state index in [0.717, 1.165) is 6.07 Å². The van der Waals surface area contributed by atoms with Crippen molar-refractivity contribution in [2.75, 3.05) is 5.32 Å². The van der Waals surface area contributed by atoms with Crippen LogP contribution < -0.4 is 5.32 Å². The van der Waals surface area contributed by atoms with Gasteiger partial charge in [-0.1, -0.05) is 0 Å². The Hall–Kier alpha value is -2.04. The lowest BCUT2D eigenvalue weighted by Crippen LogP contribution is -2.03. The van der Waals surface area contributed by atoms with Gasteiger partial charge in [-0.15, -0.1) is 0 Å². The second-order valence-electron chi connectivity index (χ2n) is 3.20. The summed E-state index contributed by atoms with van der Waals surface area (Å²) in [6.07, 6.45) is 3.17. The summed E-state index contributed by atoms with van der Waals surface area (Å²) in [5.74, 6) is -0.760. The molecule has 0 amide bonds. The van der Waals surface area contributed by atoms with E-state index in [-0.39, 0.29) is 6.54 Å². The molecular weight excluding hydrogens is 212 g/mol. The highest BCUT2D eigenvalue weighted by Gasteiger charge is 2.01. The molecule has 82 valence electrons. The Morgan fingerprint density at radius 1 is 1.00 bits per heavy atom. The molecule has 0 saturated carbocycles. The number of aromatic nitrogens is 2. The fourth-order valence-electron chi connectivity index (χ4n) is 1.28. The zero-order valence-electron chi connectivity index (χ0n) is 8.32. The summed E-state index contributed by atoms with van der Waals surface area (Å²) in [7, 11) is 0.